The first kappa shape index (κ1) is 18.8. The van der Waals surface area contributed by atoms with Crippen molar-refractivity contribution in [2.75, 3.05) is 20.2 Å². The van der Waals surface area contributed by atoms with Gasteiger partial charge >= 0.3 is 0 Å². The molecule has 1 aliphatic heterocycles. The van der Waals surface area contributed by atoms with Crippen LogP contribution in [-0.4, -0.2) is 35.9 Å². The van der Waals surface area contributed by atoms with Crippen LogP contribution in [0.25, 0.3) is 10.9 Å². The van der Waals surface area contributed by atoms with Crippen LogP contribution in [0, 0.1) is 5.92 Å². The van der Waals surface area contributed by atoms with Gasteiger partial charge in [0.15, 0.2) is 0 Å². The molecule has 146 valence electrons. The Morgan fingerprint density at radius 3 is 2.64 bits per heavy atom. The second-order valence-corrected chi connectivity index (χ2v) is 7.87. The number of benzene rings is 2. The number of hydrogen-bond donors (Lipinski definition) is 1. The molecule has 4 heteroatoms. The number of fused-ring (bicyclic) bond motifs is 1. The molecule has 2 aromatic carbocycles. The van der Waals surface area contributed by atoms with Crippen molar-refractivity contribution in [3.63, 3.8) is 0 Å². The largest absolute Gasteiger partial charge is 0.497 e. The summed E-state index contributed by atoms with van der Waals surface area (Å²) in [7, 11) is 1.67. The summed E-state index contributed by atoms with van der Waals surface area (Å²) in [6.07, 6.45) is 3.41. The lowest BCUT2D eigenvalue weighted by Crippen LogP contribution is -2.34. The molecule has 4 rings (SSSR count). The van der Waals surface area contributed by atoms with Crippen LogP contribution in [-0.2, 0) is 17.8 Å². The molecule has 1 aromatic heterocycles. The third-order valence-corrected chi connectivity index (χ3v) is 5.75. The number of Topliss-reactive ketones (excluding diaryl/α,β-unsaturated/α-hetero) is 1. The van der Waals surface area contributed by atoms with E-state index in [1.165, 1.54) is 5.56 Å². The smallest absolute Gasteiger partial charge is 0.139 e. The average molecular weight is 377 g/mol. The minimum Gasteiger partial charge on any atom is -0.497 e. The molecule has 2 heterocycles. The van der Waals surface area contributed by atoms with Gasteiger partial charge in [0.2, 0.25) is 0 Å². The van der Waals surface area contributed by atoms with E-state index in [9.17, 15) is 4.79 Å². The number of piperidine rings is 1. The Labute approximate surface area is 166 Å². The molecule has 4 nitrogen and oxygen atoms in total. The number of ether oxygens (including phenoxy) is 1. The average Bonchev–Trinajstić information content (AvgIpc) is 3.11. The molecule has 28 heavy (non-hydrogen) atoms. The van der Waals surface area contributed by atoms with E-state index in [1.807, 2.05) is 18.2 Å². The van der Waals surface area contributed by atoms with Crippen molar-refractivity contribution < 1.29 is 9.53 Å². The Bertz CT molecular complexity index is 924. The Morgan fingerprint density at radius 1 is 1.11 bits per heavy atom. The highest BCUT2D eigenvalue weighted by Crippen LogP contribution is 2.24. The highest BCUT2D eigenvalue weighted by Gasteiger charge is 2.21. The Morgan fingerprint density at radius 2 is 1.89 bits per heavy atom. The summed E-state index contributed by atoms with van der Waals surface area (Å²) in [4.78, 5) is 18.5. The maximum absolute atomic E-state index is 12.6. The maximum Gasteiger partial charge on any atom is 0.139 e. The highest BCUT2D eigenvalue weighted by molar-refractivity contribution is 5.85. The molecular formula is C24H28N2O2. The number of likely N-dealkylation sites (tertiary alicyclic amines) is 1. The van der Waals surface area contributed by atoms with Crippen molar-refractivity contribution in [3.8, 4) is 5.75 Å². The number of aromatic nitrogens is 1. The zero-order valence-electron chi connectivity index (χ0n) is 16.5. The zero-order valence-corrected chi connectivity index (χ0v) is 16.5. The summed E-state index contributed by atoms with van der Waals surface area (Å²) in [5, 5.41) is 1.12. The topological polar surface area (TPSA) is 45.3 Å². The second kappa shape index (κ2) is 8.61. The van der Waals surface area contributed by atoms with Crippen LogP contribution in [0.3, 0.4) is 0 Å². The predicted octanol–water partition coefficient (Wildman–Crippen LogP) is 4.59. The first-order valence-electron chi connectivity index (χ1n) is 10.1. The summed E-state index contributed by atoms with van der Waals surface area (Å²) in [6, 6.07) is 18.7. The minimum atomic E-state index is 0.333. The van der Waals surface area contributed by atoms with Gasteiger partial charge < -0.3 is 9.72 Å². The van der Waals surface area contributed by atoms with Gasteiger partial charge in [-0.2, -0.15) is 0 Å². The third-order valence-electron chi connectivity index (χ3n) is 5.75. The van der Waals surface area contributed by atoms with Gasteiger partial charge in [-0.15, -0.1) is 0 Å². The molecule has 0 aliphatic carbocycles. The number of methoxy groups -OCH3 is 1. The van der Waals surface area contributed by atoms with Crippen molar-refractivity contribution in [1.82, 2.24) is 9.88 Å². The SMILES string of the molecule is COc1ccc2cc(CC(=O)CC3CCN(Cc4ccccc4)CC3)[nH]c2c1. The monoisotopic (exact) mass is 376 g/mol. The van der Waals surface area contributed by atoms with Crippen LogP contribution in [0.4, 0.5) is 0 Å². The van der Waals surface area contributed by atoms with Crippen LogP contribution in [0.5, 0.6) is 5.75 Å². The fourth-order valence-corrected chi connectivity index (χ4v) is 4.19. The van der Waals surface area contributed by atoms with E-state index < -0.39 is 0 Å². The molecule has 0 saturated carbocycles. The van der Waals surface area contributed by atoms with Crippen LogP contribution < -0.4 is 4.74 Å². The van der Waals surface area contributed by atoms with Crippen molar-refractivity contribution >= 4 is 16.7 Å². The molecule has 1 saturated heterocycles. The fourth-order valence-electron chi connectivity index (χ4n) is 4.19. The van der Waals surface area contributed by atoms with Crippen molar-refractivity contribution in [1.29, 1.82) is 0 Å². The lowest BCUT2D eigenvalue weighted by molar-refractivity contribution is -0.119. The zero-order chi connectivity index (χ0) is 19.3. The van der Waals surface area contributed by atoms with E-state index in [4.69, 9.17) is 4.74 Å². The minimum absolute atomic E-state index is 0.333. The second-order valence-electron chi connectivity index (χ2n) is 7.87. The number of carbonyl (C=O) groups is 1. The number of H-pyrrole nitrogens is 1. The maximum atomic E-state index is 12.6. The Hall–Kier alpha value is -2.59. The molecule has 1 N–H and O–H groups in total. The summed E-state index contributed by atoms with van der Waals surface area (Å²) in [5.74, 6) is 1.68. The molecule has 1 fully saturated rings. The first-order valence-corrected chi connectivity index (χ1v) is 10.1. The molecule has 0 unspecified atom stereocenters. The molecule has 0 atom stereocenters. The van der Waals surface area contributed by atoms with E-state index in [2.05, 4.69) is 46.3 Å². The molecule has 0 radical (unpaired) electrons. The summed E-state index contributed by atoms with van der Waals surface area (Å²) < 4.78 is 5.27. The number of nitrogens with one attached hydrogen (secondary N) is 1. The van der Waals surface area contributed by atoms with Crippen LogP contribution in [0.15, 0.2) is 54.6 Å². The summed E-state index contributed by atoms with van der Waals surface area (Å²) in [6.45, 7) is 3.18. The first-order chi connectivity index (χ1) is 13.7. The number of rotatable bonds is 7. The van der Waals surface area contributed by atoms with E-state index >= 15 is 0 Å². The van der Waals surface area contributed by atoms with Crippen LogP contribution in [0.2, 0.25) is 0 Å². The molecule has 1 aliphatic rings. The lowest BCUT2D eigenvalue weighted by atomic mass is 9.90. The van der Waals surface area contributed by atoms with E-state index in [0.717, 1.165) is 54.8 Å². The van der Waals surface area contributed by atoms with E-state index in [-0.39, 0.29) is 0 Å². The van der Waals surface area contributed by atoms with E-state index in [1.54, 1.807) is 7.11 Å². The molecule has 3 aromatic rings. The highest BCUT2D eigenvalue weighted by atomic mass is 16.5. The Balaban J connectivity index is 1.26. The molecule has 0 amide bonds. The lowest BCUT2D eigenvalue weighted by Gasteiger charge is -2.31. The van der Waals surface area contributed by atoms with Gasteiger partial charge in [-0.05, 0) is 61.0 Å². The standard InChI is InChI=1S/C24H28N2O2/c1-28-23-8-7-20-14-21(25-24(20)16-23)15-22(27)13-18-9-11-26(12-10-18)17-19-5-3-2-4-6-19/h2-8,14,16,18,25H,9-13,15,17H2,1H3. The molecular weight excluding hydrogens is 348 g/mol. The molecule has 0 bridgehead atoms. The van der Waals surface area contributed by atoms with Gasteiger partial charge in [-0.25, -0.2) is 0 Å². The fraction of sp³-hybridized carbons (Fsp3) is 0.375. The summed E-state index contributed by atoms with van der Waals surface area (Å²) >= 11 is 0. The van der Waals surface area contributed by atoms with Gasteiger partial charge in [-0.1, -0.05) is 30.3 Å². The summed E-state index contributed by atoms with van der Waals surface area (Å²) in [5.41, 5.74) is 3.39. The third kappa shape index (κ3) is 4.63. The number of carbonyl (C=O) groups excluding carboxylic acids is 1. The van der Waals surface area contributed by atoms with Gasteiger partial charge in [0.25, 0.3) is 0 Å². The Kier molecular flexibility index (Phi) is 5.77. The van der Waals surface area contributed by atoms with Crippen LogP contribution >= 0.6 is 0 Å². The van der Waals surface area contributed by atoms with Gasteiger partial charge in [0.1, 0.15) is 11.5 Å². The van der Waals surface area contributed by atoms with Crippen LogP contribution in [0.1, 0.15) is 30.5 Å². The number of nitrogens with zero attached hydrogens (tertiary/aromatic N) is 1. The van der Waals surface area contributed by atoms with Gasteiger partial charge in [-0.3, -0.25) is 9.69 Å². The van der Waals surface area contributed by atoms with Crippen molar-refractivity contribution in [3.05, 3.63) is 65.9 Å². The molecule has 0 spiro atoms. The van der Waals surface area contributed by atoms with Gasteiger partial charge in [0, 0.05) is 36.7 Å². The number of aromatic amines is 1. The van der Waals surface area contributed by atoms with Gasteiger partial charge in [0.05, 0.1) is 7.11 Å². The van der Waals surface area contributed by atoms with E-state index in [0.29, 0.717) is 24.5 Å². The number of ketones is 1. The predicted molar refractivity (Wildman–Crippen MR) is 113 cm³/mol. The quantitative estimate of drug-likeness (QED) is 0.656. The normalized spacial score (nSPS) is 15.8. The van der Waals surface area contributed by atoms with Crippen molar-refractivity contribution in [2.45, 2.75) is 32.2 Å². The number of hydrogen-bond acceptors (Lipinski definition) is 3. The van der Waals surface area contributed by atoms with Crippen molar-refractivity contribution in [2.24, 2.45) is 5.92 Å².